The maximum absolute atomic E-state index is 12.2. The van der Waals surface area contributed by atoms with Gasteiger partial charge in [-0.15, -0.1) is 0 Å². The van der Waals surface area contributed by atoms with Gasteiger partial charge in [0.25, 0.3) is 0 Å². The molecule has 0 radical (unpaired) electrons. The molecule has 2 aromatic carbocycles. The van der Waals surface area contributed by atoms with E-state index in [9.17, 15) is 9.59 Å². The number of carbonyl (C=O) groups is 2. The van der Waals surface area contributed by atoms with E-state index in [1.54, 1.807) is 12.0 Å². The van der Waals surface area contributed by atoms with Crippen molar-refractivity contribution in [3.8, 4) is 5.75 Å². The normalized spacial score (nSPS) is 10.3. The molecule has 1 N–H and O–H groups in total. The second-order valence-corrected chi connectivity index (χ2v) is 6.25. The van der Waals surface area contributed by atoms with Gasteiger partial charge in [-0.25, -0.2) is 0 Å². The molecule has 2 rings (SSSR count). The molecule has 0 spiro atoms. The van der Waals surface area contributed by atoms with Crippen LogP contribution in [-0.4, -0.2) is 36.9 Å². The van der Waals surface area contributed by atoms with Gasteiger partial charge in [-0.2, -0.15) is 0 Å². The zero-order chi connectivity index (χ0) is 18.9. The first-order valence-corrected chi connectivity index (χ1v) is 8.69. The quantitative estimate of drug-likeness (QED) is 0.793. The average molecular weight is 354 g/mol. The van der Waals surface area contributed by atoms with Gasteiger partial charge in [-0.05, 0) is 42.2 Å². The number of methoxy groups -OCH3 is 1. The average Bonchev–Trinajstić information content (AvgIpc) is 2.63. The van der Waals surface area contributed by atoms with E-state index in [0.717, 1.165) is 28.9 Å². The highest BCUT2D eigenvalue weighted by Gasteiger charge is 2.14. The van der Waals surface area contributed by atoms with E-state index in [1.165, 1.54) is 6.92 Å². The molecule has 2 aromatic rings. The Labute approximate surface area is 155 Å². The molecule has 0 atom stereocenters. The molecule has 5 heteroatoms. The molecule has 0 unspecified atom stereocenters. The van der Waals surface area contributed by atoms with Crippen LogP contribution in [0.15, 0.2) is 48.5 Å². The van der Waals surface area contributed by atoms with Crippen LogP contribution in [0.2, 0.25) is 0 Å². The van der Waals surface area contributed by atoms with Crippen molar-refractivity contribution < 1.29 is 14.3 Å². The van der Waals surface area contributed by atoms with Crippen LogP contribution in [0.5, 0.6) is 5.75 Å². The predicted octanol–water partition coefficient (Wildman–Crippen LogP) is 2.71. The first-order chi connectivity index (χ1) is 12.5. The Morgan fingerprint density at radius 3 is 2.38 bits per heavy atom. The molecule has 0 saturated heterocycles. The number of aryl methyl sites for hydroxylation is 1. The summed E-state index contributed by atoms with van der Waals surface area (Å²) in [6.07, 6.45) is 0.730. The summed E-state index contributed by atoms with van der Waals surface area (Å²) in [5, 5.41) is 2.88. The summed E-state index contributed by atoms with van der Waals surface area (Å²) in [6.45, 7) is 4.52. The number of benzene rings is 2. The molecule has 0 aliphatic carbocycles. The van der Waals surface area contributed by atoms with Crippen molar-refractivity contribution in [2.24, 2.45) is 0 Å². The lowest BCUT2D eigenvalue weighted by atomic mass is 10.1. The lowest BCUT2D eigenvalue weighted by Gasteiger charge is -2.21. The minimum atomic E-state index is -0.151. The van der Waals surface area contributed by atoms with Gasteiger partial charge in [0.2, 0.25) is 11.8 Å². The van der Waals surface area contributed by atoms with Crippen LogP contribution < -0.4 is 10.1 Å². The van der Waals surface area contributed by atoms with Gasteiger partial charge in [0.05, 0.1) is 13.7 Å². The molecule has 0 aromatic heterocycles. The fourth-order valence-electron chi connectivity index (χ4n) is 2.64. The van der Waals surface area contributed by atoms with Crippen LogP contribution in [0, 0.1) is 6.92 Å². The van der Waals surface area contributed by atoms with Crippen LogP contribution in [0.4, 0.5) is 0 Å². The molecule has 0 heterocycles. The van der Waals surface area contributed by atoms with E-state index in [1.807, 2.05) is 55.5 Å². The van der Waals surface area contributed by atoms with Gasteiger partial charge in [0.15, 0.2) is 0 Å². The first-order valence-electron chi connectivity index (χ1n) is 8.69. The third kappa shape index (κ3) is 5.92. The summed E-state index contributed by atoms with van der Waals surface area (Å²) < 4.78 is 5.13. The fraction of sp³-hybridized carbons (Fsp3) is 0.333. The molecule has 0 aliphatic rings. The molecule has 26 heavy (non-hydrogen) atoms. The Morgan fingerprint density at radius 2 is 1.77 bits per heavy atom. The van der Waals surface area contributed by atoms with Gasteiger partial charge in [0, 0.05) is 20.0 Å². The van der Waals surface area contributed by atoms with Crippen molar-refractivity contribution in [1.82, 2.24) is 10.2 Å². The van der Waals surface area contributed by atoms with Crippen molar-refractivity contribution in [1.29, 1.82) is 0 Å². The monoisotopic (exact) mass is 354 g/mol. The highest BCUT2D eigenvalue weighted by atomic mass is 16.5. The second-order valence-electron chi connectivity index (χ2n) is 6.25. The van der Waals surface area contributed by atoms with Crippen molar-refractivity contribution in [3.05, 3.63) is 65.2 Å². The topological polar surface area (TPSA) is 58.6 Å². The van der Waals surface area contributed by atoms with Gasteiger partial charge in [-0.3, -0.25) is 9.59 Å². The number of carbonyl (C=O) groups excluding carboxylic acids is 2. The summed E-state index contributed by atoms with van der Waals surface area (Å²) in [4.78, 5) is 25.6. The third-order valence-corrected chi connectivity index (χ3v) is 4.30. The number of ether oxygens (including phenoxy) is 1. The van der Waals surface area contributed by atoms with Gasteiger partial charge in [0.1, 0.15) is 5.75 Å². The zero-order valence-electron chi connectivity index (χ0n) is 15.6. The van der Waals surface area contributed by atoms with E-state index >= 15 is 0 Å². The van der Waals surface area contributed by atoms with Gasteiger partial charge in [-0.1, -0.05) is 36.4 Å². The second kappa shape index (κ2) is 9.61. The molecule has 0 fully saturated rings. The predicted molar refractivity (Wildman–Crippen MR) is 102 cm³/mol. The van der Waals surface area contributed by atoms with E-state index < -0.39 is 0 Å². The van der Waals surface area contributed by atoms with Crippen molar-refractivity contribution in [2.45, 2.75) is 26.8 Å². The smallest absolute Gasteiger partial charge is 0.239 e. The fourth-order valence-corrected chi connectivity index (χ4v) is 2.64. The van der Waals surface area contributed by atoms with Crippen LogP contribution in [0.25, 0.3) is 0 Å². The molecule has 5 nitrogen and oxygen atoms in total. The highest BCUT2D eigenvalue weighted by molar-refractivity contribution is 5.83. The number of rotatable bonds is 8. The molecular formula is C21H26N2O3. The Kier molecular flexibility index (Phi) is 7.21. The third-order valence-electron chi connectivity index (χ3n) is 4.30. The minimum absolute atomic E-state index is 0.0618. The Bertz CT molecular complexity index is 741. The number of nitrogens with one attached hydrogen (secondary N) is 1. The van der Waals surface area contributed by atoms with Crippen molar-refractivity contribution in [2.75, 3.05) is 20.2 Å². The Hall–Kier alpha value is -2.82. The number of nitrogens with zero attached hydrogens (tertiary/aromatic N) is 1. The highest BCUT2D eigenvalue weighted by Crippen LogP contribution is 2.12. The first kappa shape index (κ1) is 19.5. The lowest BCUT2D eigenvalue weighted by Crippen LogP contribution is -2.40. The van der Waals surface area contributed by atoms with Crippen LogP contribution in [-0.2, 0) is 22.6 Å². The summed E-state index contributed by atoms with van der Waals surface area (Å²) in [5.74, 6) is 0.548. The van der Waals surface area contributed by atoms with Crippen LogP contribution >= 0.6 is 0 Å². The zero-order valence-corrected chi connectivity index (χ0v) is 15.6. The van der Waals surface area contributed by atoms with Crippen LogP contribution in [0.3, 0.4) is 0 Å². The molecule has 2 amide bonds. The van der Waals surface area contributed by atoms with Gasteiger partial charge < -0.3 is 15.0 Å². The van der Waals surface area contributed by atoms with Crippen molar-refractivity contribution in [3.63, 3.8) is 0 Å². The van der Waals surface area contributed by atoms with Crippen molar-refractivity contribution >= 4 is 11.8 Å². The van der Waals surface area contributed by atoms with Gasteiger partial charge >= 0.3 is 0 Å². The maximum Gasteiger partial charge on any atom is 0.239 e. The van der Waals surface area contributed by atoms with E-state index in [4.69, 9.17) is 4.74 Å². The maximum atomic E-state index is 12.2. The summed E-state index contributed by atoms with van der Waals surface area (Å²) >= 11 is 0. The molecule has 0 saturated carbocycles. The Morgan fingerprint density at radius 1 is 1.08 bits per heavy atom. The number of hydrogen-bond acceptors (Lipinski definition) is 3. The SMILES string of the molecule is COc1ccc(CCNC(=O)CN(Cc2ccccc2C)C(C)=O)cc1. The molecule has 138 valence electrons. The lowest BCUT2D eigenvalue weighted by molar-refractivity contribution is -0.134. The van der Waals surface area contributed by atoms with E-state index in [-0.39, 0.29) is 18.4 Å². The van der Waals surface area contributed by atoms with E-state index in [0.29, 0.717) is 13.1 Å². The summed E-state index contributed by atoms with van der Waals surface area (Å²) in [7, 11) is 1.63. The van der Waals surface area contributed by atoms with E-state index in [2.05, 4.69) is 5.32 Å². The van der Waals surface area contributed by atoms with Crippen LogP contribution in [0.1, 0.15) is 23.6 Å². The largest absolute Gasteiger partial charge is 0.497 e. The number of amides is 2. The molecule has 0 bridgehead atoms. The molecular weight excluding hydrogens is 328 g/mol. The Balaban J connectivity index is 1.83. The summed E-state index contributed by atoms with van der Waals surface area (Å²) in [5.41, 5.74) is 3.28. The number of hydrogen-bond donors (Lipinski definition) is 1. The minimum Gasteiger partial charge on any atom is -0.497 e. The standard InChI is InChI=1S/C21H26N2O3/c1-16-6-4-5-7-19(16)14-23(17(2)24)15-21(25)22-13-12-18-8-10-20(26-3)11-9-18/h4-11H,12-15H2,1-3H3,(H,22,25). The molecule has 0 aliphatic heterocycles. The summed E-state index contributed by atoms with van der Waals surface area (Å²) in [6, 6.07) is 15.6.